The highest BCUT2D eigenvalue weighted by Crippen LogP contribution is 2.35. The van der Waals surface area contributed by atoms with Crippen LogP contribution in [-0.2, 0) is 17.8 Å². The molecule has 1 saturated heterocycles. The number of aromatic amines is 1. The van der Waals surface area contributed by atoms with Crippen molar-refractivity contribution in [1.29, 1.82) is 0 Å². The zero-order chi connectivity index (χ0) is 29.1. The summed E-state index contributed by atoms with van der Waals surface area (Å²) < 4.78 is 43.3. The lowest BCUT2D eigenvalue weighted by molar-refractivity contribution is -0.162. The number of nitrogens with one attached hydrogen (secondary N) is 1. The predicted molar refractivity (Wildman–Crippen MR) is 148 cm³/mol. The number of aromatic nitrogens is 5. The van der Waals surface area contributed by atoms with Crippen molar-refractivity contribution < 1.29 is 22.7 Å². The number of ether oxygens (including phenoxy) is 1. The lowest BCUT2D eigenvalue weighted by atomic mass is 10.1. The maximum Gasteiger partial charge on any atom is 0.397 e. The second-order valence-electron chi connectivity index (χ2n) is 10.2. The molecule has 0 atom stereocenters. The highest BCUT2D eigenvalue weighted by molar-refractivity contribution is 5.84. The Morgan fingerprint density at radius 2 is 1.85 bits per heavy atom. The normalized spacial score (nSPS) is 14.4. The zero-order valence-corrected chi connectivity index (χ0v) is 23.1. The fraction of sp³-hybridized carbons (Fsp3) is 0.393. The Balaban J connectivity index is 1.25. The molecule has 41 heavy (non-hydrogen) atoms. The van der Waals surface area contributed by atoms with Crippen LogP contribution in [0.5, 0.6) is 5.75 Å². The van der Waals surface area contributed by atoms with Crippen LogP contribution in [0.2, 0.25) is 0 Å². The fourth-order valence-corrected chi connectivity index (χ4v) is 4.96. The molecule has 13 heteroatoms. The first-order valence-corrected chi connectivity index (χ1v) is 13.2. The number of carbonyl (C=O) groups is 1. The number of H-pyrrole nitrogens is 1. The van der Waals surface area contributed by atoms with Gasteiger partial charge in [-0.1, -0.05) is 6.07 Å². The number of imidazole rings is 1. The molecule has 0 unspecified atom stereocenters. The molecule has 0 saturated carbocycles. The summed E-state index contributed by atoms with van der Waals surface area (Å²) in [6.45, 7) is 2.22. The minimum atomic E-state index is -4.48. The molecular weight excluding hydrogens is 537 g/mol. The third-order valence-electron chi connectivity index (χ3n) is 6.93. The van der Waals surface area contributed by atoms with Crippen molar-refractivity contribution in [1.82, 2.24) is 34.7 Å². The van der Waals surface area contributed by atoms with E-state index < -0.39 is 18.5 Å². The lowest BCUT2D eigenvalue weighted by Crippen LogP contribution is -2.49. The molecule has 1 aliphatic rings. The Hall–Kier alpha value is -4.26. The van der Waals surface area contributed by atoms with Gasteiger partial charge in [0.2, 0.25) is 5.91 Å². The third kappa shape index (κ3) is 6.73. The number of hydrogen-bond donors (Lipinski definition) is 1. The van der Waals surface area contributed by atoms with Crippen molar-refractivity contribution in [2.45, 2.75) is 25.6 Å². The van der Waals surface area contributed by atoms with Gasteiger partial charge in [-0.05, 0) is 29.8 Å². The number of amides is 1. The SMILES string of the molecule is COc1c(-c2ccc3nc(Cc4cc(CN5CCN(C(=O)CC(F)(F)F)CC5)ccn4)[nH]c3c2)ncnc1N(C)C. The van der Waals surface area contributed by atoms with E-state index in [-0.39, 0.29) is 13.1 Å². The molecule has 4 heterocycles. The molecule has 0 radical (unpaired) electrons. The van der Waals surface area contributed by atoms with E-state index in [4.69, 9.17) is 9.72 Å². The second-order valence-corrected chi connectivity index (χ2v) is 10.2. The van der Waals surface area contributed by atoms with E-state index in [1.54, 1.807) is 13.3 Å². The van der Waals surface area contributed by atoms with Crippen LogP contribution in [0.3, 0.4) is 0 Å². The molecule has 1 N–H and O–H groups in total. The first-order valence-electron chi connectivity index (χ1n) is 13.2. The lowest BCUT2D eigenvalue weighted by Gasteiger charge is -2.35. The standard InChI is InChI=1S/C28H31F3N8O2/c1-37(2)27-26(41-3)25(33-17-34-27)19-4-5-21-22(13-19)36-23(35-21)14-20-12-18(6-7-32-20)16-38-8-10-39(11-9-38)24(40)15-28(29,30)31/h4-7,12-13,17H,8-11,14-16H2,1-3H3,(H,35,36). The summed E-state index contributed by atoms with van der Waals surface area (Å²) in [6, 6.07) is 9.80. The van der Waals surface area contributed by atoms with E-state index in [1.165, 1.54) is 11.2 Å². The van der Waals surface area contributed by atoms with E-state index >= 15 is 0 Å². The number of carbonyl (C=O) groups excluding carboxylic acids is 1. The van der Waals surface area contributed by atoms with Crippen LogP contribution in [-0.4, -0.2) is 94.2 Å². The van der Waals surface area contributed by atoms with Gasteiger partial charge in [-0.25, -0.2) is 15.0 Å². The van der Waals surface area contributed by atoms with Crippen molar-refractivity contribution >= 4 is 22.8 Å². The molecular formula is C28H31F3N8O2. The fourth-order valence-electron chi connectivity index (χ4n) is 4.96. The molecule has 0 spiro atoms. The van der Waals surface area contributed by atoms with E-state index in [2.05, 4.69) is 24.8 Å². The first kappa shape index (κ1) is 28.3. The Bertz CT molecular complexity index is 1530. The molecule has 4 aromatic rings. The van der Waals surface area contributed by atoms with Crippen molar-refractivity contribution in [2.75, 3.05) is 52.3 Å². The Morgan fingerprint density at radius 3 is 2.56 bits per heavy atom. The van der Waals surface area contributed by atoms with Crippen molar-refractivity contribution in [3.05, 3.63) is 59.9 Å². The van der Waals surface area contributed by atoms with Crippen LogP contribution in [0, 0.1) is 0 Å². The van der Waals surface area contributed by atoms with Gasteiger partial charge in [-0.3, -0.25) is 14.7 Å². The van der Waals surface area contributed by atoms with Gasteiger partial charge in [0.1, 0.15) is 24.3 Å². The number of fused-ring (bicyclic) bond motifs is 1. The molecule has 1 fully saturated rings. The summed E-state index contributed by atoms with van der Waals surface area (Å²) in [4.78, 5) is 38.6. The van der Waals surface area contributed by atoms with Gasteiger partial charge in [0.05, 0.1) is 18.1 Å². The quantitative estimate of drug-likeness (QED) is 0.344. The van der Waals surface area contributed by atoms with Gasteiger partial charge in [0.25, 0.3) is 0 Å². The van der Waals surface area contributed by atoms with Crippen LogP contribution in [0.15, 0.2) is 42.9 Å². The third-order valence-corrected chi connectivity index (χ3v) is 6.93. The average molecular weight is 569 g/mol. The number of nitrogens with zero attached hydrogens (tertiary/aromatic N) is 7. The highest BCUT2D eigenvalue weighted by atomic mass is 19.4. The number of pyridine rings is 1. The summed E-state index contributed by atoms with van der Waals surface area (Å²) in [6.07, 6.45) is -2.13. The summed E-state index contributed by atoms with van der Waals surface area (Å²) in [5.41, 5.74) is 5.11. The topological polar surface area (TPSA) is 103 Å². The van der Waals surface area contributed by atoms with Crippen molar-refractivity contribution in [3.63, 3.8) is 0 Å². The minimum absolute atomic E-state index is 0.283. The molecule has 1 aliphatic heterocycles. The molecule has 1 amide bonds. The van der Waals surface area contributed by atoms with Crippen LogP contribution in [0.25, 0.3) is 22.3 Å². The monoisotopic (exact) mass is 568 g/mol. The summed E-state index contributed by atoms with van der Waals surface area (Å²) >= 11 is 0. The van der Waals surface area contributed by atoms with Crippen molar-refractivity contribution in [2.24, 2.45) is 0 Å². The van der Waals surface area contributed by atoms with Crippen molar-refractivity contribution in [3.8, 4) is 17.0 Å². The van der Waals surface area contributed by atoms with Gasteiger partial charge < -0.3 is 19.5 Å². The number of rotatable bonds is 8. The Kier molecular flexibility index (Phi) is 8.06. The van der Waals surface area contributed by atoms with Gasteiger partial charge in [-0.2, -0.15) is 13.2 Å². The number of hydrogen-bond acceptors (Lipinski definition) is 8. The first-order chi connectivity index (χ1) is 19.6. The van der Waals surface area contributed by atoms with Gasteiger partial charge in [0, 0.05) is 70.7 Å². The molecule has 10 nitrogen and oxygen atoms in total. The minimum Gasteiger partial charge on any atom is -0.491 e. The highest BCUT2D eigenvalue weighted by Gasteiger charge is 2.34. The molecule has 216 valence electrons. The maximum atomic E-state index is 12.6. The Labute approximate surface area is 235 Å². The predicted octanol–water partition coefficient (Wildman–Crippen LogP) is 3.68. The van der Waals surface area contributed by atoms with Crippen LogP contribution in [0.4, 0.5) is 19.0 Å². The Morgan fingerprint density at radius 1 is 1.07 bits per heavy atom. The number of methoxy groups -OCH3 is 1. The van der Waals surface area contributed by atoms with Crippen LogP contribution in [0.1, 0.15) is 23.5 Å². The second kappa shape index (κ2) is 11.7. The van der Waals surface area contributed by atoms with Crippen LogP contribution >= 0.6 is 0 Å². The molecule has 1 aromatic carbocycles. The summed E-state index contributed by atoms with van der Waals surface area (Å²) in [7, 11) is 5.39. The largest absolute Gasteiger partial charge is 0.491 e. The van der Waals surface area contributed by atoms with E-state index in [0.29, 0.717) is 43.3 Å². The van der Waals surface area contributed by atoms with Gasteiger partial charge in [-0.15, -0.1) is 0 Å². The maximum absolute atomic E-state index is 12.6. The van der Waals surface area contributed by atoms with Gasteiger partial charge >= 0.3 is 6.18 Å². The van der Waals surface area contributed by atoms with E-state index in [1.807, 2.05) is 49.3 Å². The number of piperazine rings is 1. The zero-order valence-electron chi connectivity index (χ0n) is 23.1. The van der Waals surface area contributed by atoms with E-state index in [0.717, 1.165) is 33.7 Å². The molecule has 5 rings (SSSR count). The molecule has 0 aliphatic carbocycles. The summed E-state index contributed by atoms with van der Waals surface area (Å²) in [5, 5.41) is 0. The smallest absolute Gasteiger partial charge is 0.397 e. The van der Waals surface area contributed by atoms with Gasteiger partial charge in [0.15, 0.2) is 11.6 Å². The number of halogens is 3. The summed E-state index contributed by atoms with van der Waals surface area (Å²) in [5.74, 6) is 1.18. The number of benzene rings is 1. The average Bonchev–Trinajstić information content (AvgIpc) is 3.33. The number of alkyl halides is 3. The number of anilines is 1. The van der Waals surface area contributed by atoms with Crippen LogP contribution < -0.4 is 9.64 Å². The van der Waals surface area contributed by atoms with E-state index in [9.17, 15) is 18.0 Å². The molecule has 0 bridgehead atoms. The molecule has 3 aromatic heterocycles.